The van der Waals surface area contributed by atoms with Crippen LogP contribution in [0, 0.1) is 17.8 Å². The predicted molar refractivity (Wildman–Crippen MR) is 164 cm³/mol. The van der Waals surface area contributed by atoms with Crippen LogP contribution in [0.4, 0.5) is 5.69 Å². The van der Waals surface area contributed by atoms with Gasteiger partial charge in [-0.05, 0) is 86.4 Å². The Hall–Kier alpha value is -2.40. The van der Waals surface area contributed by atoms with E-state index in [1.165, 1.54) is 19.1 Å². The van der Waals surface area contributed by atoms with Gasteiger partial charge >= 0.3 is 0 Å². The summed E-state index contributed by atoms with van der Waals surface area (Å²) in [7, 11) is 2.72. The first kappa shape index (κ1) is 29.7. The van der Waals surface area contributed by atoms with Crippen molar-refractivity contribution in [1.82, 2.24) is 4.90 Å². The van der Waals surface area contributed by atoms with Gasteiger partial charge in [-0.3, -0.25) is 29.0 Å². The number of carbonyl (C=O) groups excluding carboxylic acids is 4. The highest BCUT2D eigenvalue weighted by Gasteiger charge is 2.76. The number of aromatic hydroxyl groups is 1. The molecule has 4 amide bonds. The maximum Gasteiger partial charge on any atom is 0.253 e. The first-order valence-electron chi connectivity index (χ1n) is 13.4. The van der Waals surface area contributed by atoms with Gasteiger partial charge in [-0.2, -0.15) is 0 Å². The molecule has 12 heteroatoms. The molecule has 0 bridgehead atoms. The first-order valence-corrected chi connectivity index (χ1v) is 15.8. The largest absolute Gasteiger partial charge is 0.503 e. The summed E-state index contributed by atoms with van der Waals surface area (Å²) in [4.78, 5) is 53.6. The predicted octanol–water partition coefficient (Wildman–Crippen LogP) is 5.68. The van der Waals surface area contributed by atoms with E-state index >= 15 is 0 Å². The average molecular weight is 741 g/mol. The lowest BCUT2D eigenvalue weighted by molar-refractivity contribution is -0.138. The van der Waals surface area contributed by atoms with Crippen LogP contribution in [0.3, 0.4) is 0 Å². The van der Waals surface area contributed by atoms with Gasteiger partial charge in [0.15, 0.2) is 21.2 Å². The van der Waals surface area contributed by atoms with Crippen molar-refractivity contribution in [2.24, 2.45) is 17.8 Å². The van der Waals surface area contributed by atoms with E-state index in [1.807, 2.05) is 25.1 Å². The number of ether oxygens (including phenoxy) is 1. The highest BCUT2D eigenvalue weighted by molar-refractivity contribution is 9.13. The molecular formula is C30H26Br2Cl2N2O6. The minimum absolute atomic E-state index is 0.105. The van der Waals surface area contributed by atoms with Crippen LogP contribution in [0.25, 0.3) is 0 Å². The molecule has 0 spiro atoms. The minimum atomic E-state index is -1.96. The Labute approximate surface area is 269 Å². The van der Waals surface area contributed by atoms with Crippen LogP contribution in [0.15, 0.2) is 50.9 Å². The summed E-state index contributed by atoms with van der Waals surface area (Å²) < 4.78 is 6.04. The van der Waals surface area contributed by atoms with E-state index in [9.17, 15) is 24.3 Å². The van der Waals surface area contributed by atoms with Crippen LogP contribution >= 0.6 is 55.1 Å². The topological polar surface area (TPSA) is 104 Å². The number of halogens is 4. The number of phenolic OH excluding ortho intramolecular Hbond substituents is 1. The average Bonchev–Trinajstić information content (AvgIpc) is 3.31. The molecule has 6 atom stereocenters. The van der Waals surface area contributed by atoms with E-state index in [0.29, 0.717) is 21.3 Å². The summed E-state index contributed by atoms with van der Waals surface area (Å²) in [6.07, 6.45) is 2.82. The third kappa shape index (κ3) is 3.70. The number of benzene rings is 2. The smallest absolute Gasteiger partial charge is 0.253 e. The Kier molecular flexibility index (Phi) is 7.11. The molecule has 3 fully saturated rings. The lowest BCUT2D eigenvalue weighted by Crippen LogP contribution is -2.60. The molecule has 2 aliphatic heterocycles. The number of allylic oxidation sites excluding steroid dienone is 2. The van der Waals surface area contributed by atoms with Crippen molar-refractivity contribution in [3.8, 4) is 11.5 Å². The van der Waals surface area contributed by atoms with Gasteiger partial charge in [0.1, 0.15) is 0 Å². The van der Waals surface area contributed by atoms with Gasteiger partial charge in [0.2, 0.25) is 11.8 Å². The van der Waals surface area contributed by atoms with Crippen LogP contribution in [0.5, 0.6) is 11.5 Å². The summed E-state index contributed by atoms with van der Waals surface area (Å²) in [5, 5.41) is 10.6. The fourth-order valence-corrected chi connectivity index (χ4v) is 9.17. The Morgan fingerprint density at radius 2 is 1.69 bits per heavy atom. The lowest BCUT2D eigenvalue weighted by atomic mass is 9.56. The van der Waals surface area contributed by atoms with Crippen molar-refractivity contribution in [2.45, 2.75) is 41.9 Å². The molecule has 2 aromatic rings. The van der Waals surface area contributed by atoms with Crippen molar-refractivity contribution < 1.29 is 29.0 Å². The number of anilines is 1. The third-order valence-electron chi connectivity index (χ3n) is 9.32. The highest BCUT2D eigenvalue weighted by Crippen LogP contribution is 2.66. The summed E-state index contributed by atoms with van der Waals surface area (Å²) >= 11 is 21.4. The summed E-state index contributed by atoms with van der Waals surface area (Å²) in [6, 6.07) is 8.86. The lowest BCUT2D eigenvalue weighted by Gasteiger charge is -2.51. The van der Waals surface area contributed by atoms with E-state index < -0.39 is 45.2 Å². The SMILES string of the molecule is CCc1ccc(N2C(=O)[C@H]3[C@H](CC=C4[C@H]3C[C@@]3(Cl)C(=O)N(C)C(=O)[C@@]3(Cl)[C@H]4c3cc(OC)c(O)c(Br)c3Br)C2=O)cc1. The van der Waals surface area contributed by atoms with Crippen LogP contribution in [-0.2, 0) is 25.6 Å². The zero-order valence-corrected chi connectivity index (χ0v) is 27.5. The van der Waals surface area contributed by atoms with Crippen LogP contribution in [-0.4, -0.2) is 57.5 Å². The molecule has 2 aliphatic carbocycles. The molecule has 0 unspecified atom stereocenters. The number of rotatable bonds is 4. The number of hydrogen-bond donors (Lipinski definition) is 1. The van der Waals surface area contributed by atoms with Crippen molar-refractivity contribution >= 4 is 84.4 Å². The summed E-state index contributed by atoms with van der Waals surface area (Å²) in [5.41, 5.74) is 2.64. The molecule has 4 aliphatic rings. The van der Waals surface area contributed by atoms with E-state index in [1.54, 1.807) is 18.2 Å². The van der Waals surface area contributed by atoms with Crippen molar-refractivity contribution in [2.75, 3.05) is 19.1 Å². The molecule has 8 nitrogen and oxygen atoms in total. The number of hydrogen-bond acceptors (Lipinski definition) is 6. The highest BCUT2D eigenvalue weighted by atomic mass is 79.9. The zero-order chi connectivity index (χ0) is 30.5. The molecule has 220 valence electrons. The maximum absolute atomic E-state index is 14.1. The number of imide groups is 2. The number of aryl methyl sites for hydroxylation is 1. The molecule has 2 saturated heterocycles. The van der Waals surface area contributed by atoms with Crippen LogP contribution in [0.1, 0.15) is 36.8 Å². The van der Waals surface area contributed by atoms with Crippen molar-refractivity contribution in [3.63, 3.8) is 0 Å². The van der Waals surface area contributed by atoms with Gasteiger partial charge in [-0.15, -0.1) is 23.2 Å². The van der Waals surface area contributed by atoms with E-state index in [2.05, 4.69) is 31.9 Å². The number of phenols is 1. The van der Waals surface area contributed by atoms with Gasteiger partial charge < -0.3 is 9.84 Å². The molecular weight excluding hydrogens is 715 g/mol. The summed E-state index contributed by atoms with van der Waals surface area (Å²) in [6.45, 7) is 2.02. The van der Waals surface area contributed by atoms with Gasteiger partial charge in [0.05, 0.1) is 29.1 Å². The molecule has 1 N–H and O–H groups in total. The molecule has 2 aromatic carbocycles. The van der Waals surface area contributed by atoms with Gasteiger partial charge in [-0.1, -0.05) is 30.7 Å². The number of carbonyl (C=O) groups is 4. The summed E-state index contributed by atoms with van der Waals surface area (Å²) in [5.74, 6) is -5.22. The second-order valence-corrected chi connectivity index (χ2v) is 14.0. The Bertz CT molecular complexity index is 1610. The molecule has 1 saturated carbocycles. The van der Waals surface area contributed by atoms with Crippen LogP contribution in [0.2, 0.25) is 0 Å². The van der Waals surface area contributed by atoms with Crippen molar-refractivity contribution in [1.29, 1.82) is 0 Å². The first-order chi connectivity index (χ1) is 19.8. The van der Waals surface area contributed by atoms with E-state index in [-0.39, 0.29) is 40.6 Å². The number of likely N-dealkylation sites (tertiary alicyclic amines) is 1. The molecule has 6 rings (SSSR count). The second kappa shape index (κ2) is 10.1. The number of alkyl halides is 2. The number of nitrogens with zero attached hydrogens (tertiary/aromatic N) is 2. The minimum Gasteiger partial charge on any atom is -0.503 e. The quantitative estimate of drug-likeness (QED) is 0.246. The molecule has 2 heterocycles. The standard InChI is InChI=1S/C30H26Br2Cl2N2O6/c1-4-13-5-7-14(8-6-13)36-25(38)16-10-9-15-18(20(16)26(36)39)12-29(33)27(40)35(2)28(41)30(29,34)21(15)17-11-19(42-3)24(37)23(32)22(17)31/h5-9,11,16,18,20-21,37H,4,10,12H2,1-3H3/t16-,18+,20-,21+,29+,30-/m0/s1. The maximum atomic E-state index is 14.1. The van der Waals surface area contributed by atoms with Crippen LogP contribution < -0.4 is 9.64 Å². The third-order valence-corrected chi connectivity index (χ3v) is 12.9. The van der Waals surface area contributed by atoms with Gasteiger partial charge in [0.25, 0.3) is 11.8 Å². The Balaban J connectivity index is 1.54. The number of methoxy groups -OCH3 is 1. The number of amides is 4. The molecule has 0 aromatic heterocycles. The van der Waals surface area contributed by atoms with Gasteiger partial charge in [0, 0.05) is 17.4 Å². The van der Waals surface area contributed by atoms with E-state index in [0.717, 1.165) is 16.9 Å². The fourth-order valence-electron chi connectivity index (χ4n) is 7.20. The van der Waals surface area contributed by atoms with E-state index in [4.69, 9.17) is 27.9 Å². The van der Waals surface area contributed by atoms with Crippen molar-refractivity contribution in [3.05, 3.63) is 62.1 Å². The van der Waals surface area contributed by atoms with Gasteiger partial charge in [-0.25, -0.2) is 0 Å². The zero-order valence-electron chi connectivity index (χ0n) is 22.8. The number of fused-ring (bicyclic) bond motifs is 4. The fraction of sp³-hybridized carbons (Fsp3) is 0.400. The Morgan fingerprint density at radius 1 is 1.02 bits per heavy atom. The monoisotopic (exact) mass is 738 g/mol. The normalized spacial score (nSPS) is 32.1. The Morgan fingerprint density at radius 3 is 2.31 bits per heavy atom. The molecule has 42 heavy (non-hydrogen) atoms. The molecule has 0 radical (unpaired) electrons. The second-order valence-electron chi connectivity index (χ2n) is 11.2.